The number of pyridine rings is 1. The molecule has 9 heteroatoms. The topological polar surface area (TPSA) is 108 Å². The molecule has 0 aliphatic carbocycles. The summed E-state index contributed by atoms with van der Waals surface area (Å²) < 4.78 is 22.3. The summed E-state index contributed by atoms with van der Waals surface area (Å²) >= 11 is 0. The Bertz CT molecular complexity index is 1250. The summed E-state index contributed by atoms with van der Waals surface area (Å²) in [7, 11) is 1.55. The molecule has 0 fully saturated rings. The fourth-order valence-electron chi connectivity index (χ4n) is 2.98. The van der Waals surface area contributed by atoms with Crippen molar-refractivity contribution < 1.29 is 23.4 Å². The van der Waals surface area contributed by atoms with Crippen molar-refractivity contribution in [1.82, 2.24) is 15.3 Å². The van der Waals surface area contributed by atoms with Crippen molar-refractivity contribution in [2.45, 2.75) is 0 Å². The molecular formula is C21H16N4O5. The van der Waals surface area contributed by atoms with Crippen molar-refractivity contribution in [3.05, 3.63) is 60.4 Å². The summed E-state index contributed by atoms with van der Waals surface area (Å²) in [5.74, 6) is 2.12. The first-order valence-electron chi connectivity index (χ1n) is 9.11. The lowest BCUT2D eigenvalue weighted by molar-refractivity contribution is 0.0958. The maximum Gasteiger partial charge on any atom is 0.300 e. The normalized spacial score (nSPS) is 12.0. The second-order valence-corrected chi connectivity index (χ2v) is 6.40. The molecular weight excluding hydrogens is 388 g/mol. The van der Waals surface area contributed by atoms with Crippen LogP contribution in [0.3, 0.4) is 0 Å². The number of aromatic nitrogens is 2. The first-order valence-corrected chi connectivity index (χ1v) is 9.11. The minimum atomic E-state index is -0.287. The van der Waals surface area contributed by atoms with Crippen LogP contribution in [0.2, 0.25) is 0 Å². The Kier molecular flexibility index (Phi) is 4.32. The van der Waals surface area contributed by atoms with E-state index in [-0.39, 0.29) is 18.4 Å². The lowest BCUT2D eigenvalue weighted by Gasteiger charge is -2.06. The first kappa shape index (κ1) is 17.8. The van der Waals surface area contributed by atoms with Gasteiger partial charge in [-0.25, -0.2) is 0 Å². The van der Waals surface area contributed by atoms with Gasteiger partial charge in [-0.05, 0) is 30.3 Å². The van der Waals surface area contributed by atoms with Crippen LogP contribution in [-0.2, 0) is 0 Å². The van der Waals surface area contributed by atoms with E-state index < -0.39 is 0 Å². The number of rotatable bonds is 5. The van der Waals surface area contributed by atoms with E-state index in [1.54, 1.807) is 37.4 Å². The maximum absolute atomic E-state index is 11.7. The number of carbonyl (C=O) groups excluding carboxylic acids is 1. The van der Waals surface area contributed by atoms with Gasteiger partial charge in [0.05, 0.1) is 0 Å². The van der Waals surface area contributed by atoms with Crippen LogP contribution < -0.4 is 24.8 Å². The fourth-order valence-corrected chi connectivity index (χ4v) is 2.98. The standard InChI is InChI=1S/C21H16N4O5/c1-22-20(26)16-9-14(6-7-23-16)29-13-3-4-15-18(10-13)30-21(25-15)24-12-2-5-17-19(8-12)28-11-27-17/h2-10H,11H2,1H3,(H,22,26)(H,24,25). The Morgan fingerprint density at radius 2 is 1.90 bits per heavy atom. The van der Waals surface area contributed by atoms with Crippen LogP contribution in [-0.4, -0.2) is 29.7 Å². The van der Waals surface area contributed by atoms with Crippen molar-refractivity contribution in [3.8, 4) is 23.0 Å². The molecule has 0 saturated carbocycles. The molecule has 150 valence electrons. The molecule has 1 aliphatic rings. The molecule has 9 nitrogen and oxygen atoms in total. The molecule has 5 rings (SSSR count). The van der Waals surface area contributed by atoms with Crippen LogP contribution in [0.15, 0.2) is 59.1 Å². The number of amides is 1. The Hall–Kier alpha value is -4.27. The van der Waals surface area contributed by atoms with Crippen molar-refractivity contribution >= 4 is 28.7 Å². The van der Waals surface area contributed by atoms with Crippen LogP contribution in [0, 0.1) is 0 Å². The zero-order valence-electron chi connectivity index (χ0n) is 15.8. The highest BCUT2D eigenvalue weighted by Crippen LogP contribution is 2.35. The van der Waals surface area contributed by atoms with Gasteiger partial charge in [-0.15, -0.1) is 0 Å². The number of nitrogens with one attached hydrogen (secondary N) is 2. The number of hydrogen-bond donors (Lipinski definition) is 2. The van der Waals surface area contributed by atoms with Crippen molar-refractivity contribution in [2.24, 2.45) is 0 Å². The molecule has 3 heterocycles. The summed E-state index contributed by atoms with van der Waals surface area (Å²) in [5, 5.41) is 5.64. The van der Waals surface area contributed by atoms with Crippen LogP contribution >= 0.6 is 0 Å². The first-order chi connectivity index (χ1) is 14.7. The van der Waals surface area contributed by atoms with Crippen molar-refractivity contribution in [2.75, 3.05) is 19.2 Å². The van der Waals surface area contributed by atoms with E-state index in [2.05, 4.69) is 20.6 Å². The minimum Gasteiger partial charge on any atom is -0.457 e. The highest BCUT2D eigenvalue weighted by atomic mass is 16.7. The number of nitrogens with zero attached hydrogens (tertiary/aromatic N) is 2. The van der Waals surface area contributed by atoms with Crippen LogP contribution in [0.4, 0.5) is 11.7 Å². The molecule has 2 aromatic heterocycles. The van der Waals surface area contributed by atoms with Crippen LogP contribution in [0.5, 0.6) is 23.0 Å². The zero-order chi connectivity index (χ0) is 20.5. The summed E-state index contributed by atoms with van der Waals surface area (Å²) in [6.07, 6.45) is 1.51. The Morgan fingerprint density at radius 3 is 2.80 bits per heavy atom. The third kappa shape index (κ3) is 3.44. The van der Waals surface area contributed by atoms with E-state index in [4.69, 9.17) is 18.6 Å². The highest BCUT2D eigenvalue weighted by Gasteiger charge is 2.15. The average molecular weight is 404 g/mol. The number of fused-ring (bicyclic) bond motifs is 2. The summed E-state index contributed by atoms with van der Waals surface area (Å²) in [6, 6.07) is 14.4. The third-order valence-electron chi connectivity index (χ3n) is 4.41. The van der Waals surface area contributed by atoms with Gasteiger partial charge in [0.2, 0.25) is 6.79 Å². The second kappa shape index (κ2) is 7.28. The predicted octanol–water partition coefficient (Wildman–Crippen LogP) is 3.85. The molecule has 4 aromatic rings. The van der Waals surface area contributed by atoms with Gasteiger partial charge in [0.1, 0.15) is 22.7 Å². The number of carbonyl (C=O) groups is 1. The largest absolute Gasteiger partial charge is 0.457 e. The number of oxazole rings is 1. The third-order valence-corrected chi connectivity index (χ3v) is 4.41. The zero-order valence-corrected chi connectivity index (χ0v) is 15.8. The van der Waals surface area contributed by atoms with Gasteiger partial charge in [0, 0.05) is 37.1 Å². The second-order valence-electron chi connectivity index (χ2n) is 6.40. The van der Waals surface area contributed by atoms with E-state index in [0.29, 0.717) is 40.1 Å². The molecule has 0 radical (unpaired) electrons. The molecule has 2 N–H and O–H groups in total. The SMILES string of the molecule is CNC(=O)c1cc(Oc2ccc3nc(Nc4ccc5c(c4)OCO5)oc3c2)ccn1. The summed E-state index contributed by atoms with van der Waals surface area (Å²) in [6.45, 7) is 0.215. The van der Waals surface area contributed by atoms with Gasteiger partial charge < -0.3 is 29.3 Å². The van der Waals surface area contributed by atoms with Gasteiger partial charge in [-0.2, -0.15) is 4.98 Å². The van der Waals surface area contributed by atoms with Crippen molar-refractivity contribution in [1.29, 1.82) is 0 Å². The maximum atomic E-state index is 11.7. The Labute approximate surface area is 170 Å². The monoisotopic (exact) mass is 404 g/mol. The molecule has 0 spiro atoms. The van der Waals surface area contributed by atoms with Gasteiger partial charge in [0.25, 0.3) is 11.9 Å². The quantitative estimate of drug-likeness (QED) is 0.516. The molecule has 0 bridgehead atoms. The minimum absolute atomic E-state index is 0.215. The number of ether oxygens (including phenoxy) is 3. The predicted molar refractivity (Wildman–Crippen MR) is 108 cm³/mol. The molecule has 30 heavy (non-hydrogen) atoms. The van der Waals surface area contributed by atoms with Crippen molar-refractivity contribution in [3.63, 3.8) is 0 Å². The smallest absolute Gasteiger partial charge is 0.300 e. The van der Waals surface area contributed by atoms with E-state index in [1.165, 1.54) is 6.20 Å². The Balaban J connectivity index is 1.36. The van der Waals surface area contributed by atoms with E-state index >= 15 is 0 Å². The van der Waals surface area contributed by atoms with E-state index in [9.17, 15) is 4.79 Å². The number of benzene rings is 2. The molecule has 0 saturated heterocycles. The van der Waals surface area contributed by atoms with Crippen LogP contribution in [0.1, 0.15) is 10.5 Å². The summed E-state index contributed by atoms with van der Waals surface area (Å²) in [4.78, 5) is 20.2. The number of hydrogen-bond acceptors (Lipinski definition) is 8. The molecule has 1 aliphatic heterocycles. The average Bonchev–Trinajstić information content (AvgIpc) is 3.39. The molecule has 0 atom stereocenters. The number of anilines is 2. The Morgan fingerprint density at radius 1 is 1.03 bits per heavy atom. The molecule has 0 unspecified atom stereocenters. The van der Waals surface area contributed by atoms with E-state index in [1.807, 2.05) is 18.2 Å². The fraction of sp³-hybridized carbons (Fsp3) is 0.0952. The van der Waals surface area contributed by atoms with Crippen LogP contribution in [0.25, 0.3) is 11.1 Å². The van der Waals surface area contributed by atoms with Gasteiger partial charge in [-0.1, -0.05) is 0 Å². The highest BCUT2D eigenvalue weighted by molar-refractivity contribution is 5.92. The van der Waals surface area contributed by atoms with E-state index in [0.717, 1.165) is 5.69 Å². The molecule has 1 amide bonds. The lowest BCUT2D eigenvalue weighted by atomic mass is 10.3. The van der Waals surface area contributed by atoms with Gasteiger partial charge in [-0.3, -0.25) is 9.78 Å². The lowest BCUT2D eigenvalue weighted by Crippen LogP contribution is -2.18. The van der Waals surface area contributed by atoms with Gasteiger partial charge in [0.15, 0.2) is 17.1 Å². The van der Waals surface area contributed by atoms with Gasteiger partial charge >= 0.3 is 0 Å². The summed E-state index contributed by atoms with van der Waals surface area (Å²) in [5.41, 5.74) is 2.26. The molecule has 2 aromatic carbocycles.